The third-order valence-electron chi connectivity index (χ3n) is 2.41. The molecule has 6 heteroatoms. The largest absolute Gasteiger partial charge is 0.503 e. The van der Waals surface area contributed by atoms with E-state index in [-0.39, 0.29) is 17.9 Å². The van der Waals surface area contributed by atoms with Gasteiger partial charge in [0.1, 0.15) is 0 Å². The van der Waals surface area contributed by atoms with Crippen molar-refractivity contribution < 1.29 is 28.9 Å². The molecule has 0 spiro atoms. The van der Waals surface area contributed by atoms with Gasteiger partial charge in [-0.3, -0.25) is 0 Å². The molecule has 1 aliphatic rings. The van der Waals surface area contributed by atoms with Crippen LogP contribution < -0.4 is 0 Å². The minimum atomic E-state index is -1.83. The van der Waals surface area contributed by atoms with Crippen molar-refractivity contribution in [2.75, 3.05) is 6.61 Å². The number of carbonyl (C=O) groups excluding carboxylic acids is 1. The summed E-state index contributed by atoms with van der Waals surface area (Å²) in [5.41, 5.74) is 0.157. The first-order valence-corrected chi connectivity index (χ1v) is 5.17. The highest BCUT2D eigenvalue weighted by Crippen LogP contribution is 2.52. The molecule has 1 rings (SSSR count). The summed E-state index contributed by atoms with van der Waals surface area (Å²) in [6, 6.07) is 0. The fraction of sp³-hybridized carbons (Fsp3) is 0.636. The van der Waals surface area contributed by atoms with Gasteiger partial charge in [-0.25, -0.2) is 9.59 Å². The van der Waals surface area contributed by atoms with Gasteiger partial charge in [-0.1, -0.05) is 13.8 Å². The Hall–Kier alpha value is -1.59. The van der Waals surface area contributed by atoms with Gasteiger partial charge in [0.05, 0.1) is 6.61 Å². The first-order chi connectivity index (χ1) is 7.70. The van der Waals surface area contributed by atoms with E-state index in [0.29, 0.717) is 0 Å². The predicted octanol–water partition coefficient (Wildman–Crippen LogP) is 2.67. The number of ether oxygens (including phenoxy) is 1. The Balaban J connectivity index is 0.000000557. The van der Waals surface area contributed by atoms with E-state index in [9.17, 15) is 9.18 Å². The zero-order valence-electron chi connectivity index (χ0n) is 10.1. The highest BCUT2D eigenvalue weighted by atomic mass is 19.1. The second kappa shape index (κ2) is 6.22. The van der Waals surface area contributed by atoms with Crippen LogP contribution in [0.5, 0.6) is 0 Å². The lowest BCUT2D eigenvalue weighted by Gasteiger charge is -1.99. The molecular weight excluding hydrogens is 231 g/mol. The molecule has 0 aromatic heterocycles. The zero-order valence-corrected chi connectivity index (χ0v) is 10.1. The van der Waals surface area contributed by atoms with Crippen LogP contribution in [-0.2, 0) is 9.53 Å². The van der Waals surface area contributed by atoms with E-state index in [0.717, 1.165) is 6.42 Å². The van der Waals surface area contributed by atoms with E-state index in [1.807, 2.05) is 13.8 Å². The standard InChI is InChI=1S/C10H15FO2.CH2O3/c1-4-13-9(12)8(11)5-7-6-10(7,2)3;2-1(3)4/h5,7H,4,6H2,1-3H3;(H2,2,3,4). The molecule has 0 aliphatic heterocycles. The van der Waals surface area contributed by atoms with Crippen LogP contribution in [0.3, 0.4) is 0 Å². The van der Waals surface area contributed by atoms with Crippen LogP contribution in [0.4, 0.5) is 9.18 Å². The third-order valence-corrected chi connectivity index (χ3v) is 2.41. The van der Waals surface area contributed by atoms with E-state index in [2.05, 4.69) is 4.74 Å². The second-order valence-corrected chi connectivity index (χ2v) is 4.32. The summed E-state index contributed by atoms with van der Waals surface area (Å²) in [6.45, 7) is 5.97. The van der Waals surface area contributed by atoms with Gasteiger partial charge in [-0.2, -0.15) is 4.39 Å². The number of esters is 1. The number of halogens is 1. The molecule has 0 radical (unpaired) electrons. The van der Waals surface area contributed by atoms with E-state index >= 15 is 0 Å². The summed E-state index contributed by atoms with van der Waals surface area (Å²) in [6.07, 6.45) is 0.484. The minimum Gasteiger partial charge on any atom is -0.461 e. The molecule has 1 fully saturated rings. The van der Waals surface area contributed by atoms with Crippen molar-refractivity contribution in [3.05, 3.63) is 11.9 Å². The normalized spacial score (nSPS) is 20.9. The number of allylic oxidation sites excluding steroid dienone is 1. The van der Waals surface area contributed by atoms with Gasteiger partial charge in [0.2, 0.25) is 5.83 Å². The lowest BCUT2D eigenvalue weighted by Crippen LogP contribution is -2.04. The van der Waals surface area contributed by atoms with Gasteiger partial charge < -0.3 is 14.9 Å². The monoisotopic (exact) mass is 248 g/mol. The molecule has 98 valence electrons. The topological polar surface area (TPSA) is 83.8 Å². The van der Waals surface area contributed by atoms with Crippen molar-refractivity contribution >= 4 is 12.1 Å². The second-order valence-electron chi connectivity index (χ2n) is 4.32. The smallest absolute Gasteiger partial charge is 0.461 e. The Morgan fingerprint density at radius 1 is 1.47 bits per heavy atom. The third kappa shape index (κ3) is 6.55. The molecule has 0 aromatic carbocycles. The van der Waals surface area contributed by atoms with Crippen LogP contribution in [0.15, 0.2) is 11.9 Å². The molecule has 0 saturated heterocycles. The number of rotatable bonds is 3. The summed E-state index contributed by atoms with van der Waals surface area (Å²) in [7, 11) is 0. The molecule has 2 N–H and O–H groups in total. The lowest BCUT2D eigenvalue weighted by atomic mass is 10.1. The van der Waals surface area contributed by atoms with Crippen LogP contribution in [0.1, 0.15) is 27.2 Å². The van der Waals surface area contributed by atoms with Crippen molar-refractivity contribution in [3.8, 4) is 0 Å². The van der Waals surface area contributed by atoms with Gasteiger partial charge in [0, 0.05) is 0 Å². The molecule has 1 atom stereocenters. The summed E-state index contributed by atoms with van der Waals surface area (Å²) >= 11 is 0. The predicted molar refractivity (Wildman–Crippen MR) is 58.4 cm³/mol. The van der Waals surface area contributed by atoms with E-state index in [1.54, 1.807) is 6.92 Å². The van der Waals surface area contributed by atoms with Crippen molar-refractivity contribution in [2.45, 2.75) is 27.2 Å². The van der Waals surface area contributed by atoms with Crippen molar-refractivity contribution in [1.82, 2.24) is 0 Å². The number of hydrogen-bond acceptors (Lipinski definition) is 3. The molecule has 1 unspecified atom stereocenters. The Bertz CT molecular complexity index is 318. The van der Waals surface area contributed by atoms with Crippen LogP contribution in [-0.4, -0.2) is 28.9 Å². The maximum atomic E-state index is 13.0. The summed E-state index contributed by atoms with van der Waals surface area (Å²) < 4.78 is 17.5. The Labute approximate surface area is 98.9 Å². The molecule has 0 amide bonds. The van der Waals surface area contributed by atoms with Gasteiger partial charge in [-0.05, 0) is 30.8 Å². The van der Waals surface area contributed by atoms with Gasteiger partial charge in [-0.15, -0.1) is 0 Å². The molecule has 0 heterocycles. The fourth-order valence-electron chi connectivity index (χ4n) is 1.24. The fourth-order valence-corrected chi connectivity index (χ4v) is 1.24. The Morgan fingerprint density at radius 3 is 2.18 bits per heavy atom. The molecule has 1 saturated carbocycles. The van der Waals surface area contributed by atoms with Gasteiger partial charge >= 0.3 is 12.1 Å². The van der Waals surface area contributed by atoms with Crippen LogP contribution in [0.2, 0.25) is 0 Å². The number of hydrogen-bond donors (Lipinski definition) is 2. The van der Waals surface area contributed by atoms with E-state index < -0.39 is 18.0 Å². The van der Waals surface area contributed by atoms with E-state index in [4.69, 9.17) is 15.0 Å². The molecule has 0 bridgehead atoms. The average Bonchev–Trinajstić information content (AvgIpc) is 2.72. The van der Waals surface area contributed by atoms with Crippen LogP contribution in [0.25, 0.3) is 0 Å². The van der Waals surface area contributed by atoms with E-state index in [1.165, 1.54) is 6.08 Å². The highest BCUT2D eigenvalue weighted by molar-refractivity contribution is 5.86. The molecule has 0 aromatic rings. The SMILES string of the molecule is CCOC(=O)C(F)=CC1CC1(C)C.O=C(O)O. The first-order valence-electron chi connectivity index (χ1n) is 5.17. The maximum Gasteiger partial charge on any atom is 0.503 e. The summed E-state index contributed by atoms with van der Waals surface area (Å²) in [4.78, 5) is 19.4. The van der Waals surface area contributed by atoms with Crippen LogP contribution >= 0.6 is 0 Å². The van der Waals surface area contributed by atoms with Crippen LogP contribution in [0, 0.1) is 11.3 Å². The van der Waals surface area contributed by atoms with Crippen molar-refractivity contribution in [1.29, 1.82) is 0 Å². The van der Waals surface area contributed by atoms with Crippen molar-refractivity contribution in [3.63, 3.8) is 0 Å². The Morgan fingerprint density at radius 2 is 1.88 bits per heavy atom. The molecule has 17 heavy (non-hydrogen) atoms. The van der Waals surface area contributed by atoms with Gasteiger partial charge in [0.15, 0.2) is 0 Å². The van der Waals surface area contributed by atoms with Gasteiger partial charge in [0.25, 0.3) is 0 Å². The summed E-state index contributed by atoms with van der Waals surface area (Å²) in [5.74, 6) is -1.40. The van der Waals surface area contributed by atoms with Crippen molar-refractivity contribution in [2.24, 2.45) is 11.3 Å². The lowest BCUT2D eigenvalue weighted by molar-refractivity contribution is -0.140. The number of carbonyl (C=O) groups is 2. The maximum absolute atomic E-state index is 13.0. The number of carboxylic acid groups (broad SMARTS) is 2. The summed E-state index contributed by atoms with van der Waals surface area (Å²) in [5, 5.41) is 13.9. The minimum absolute atomic E-state index is 0.157. The average molecular weight is 248 g/mol. The Kier molecular flexibility index (Phi) is 5.64. The zero-order chi connectivity index (χ0) is 13.6. The first kappa shape index (κ1) is 15.4. The highest BCUT2D eigenvalue weighted by Gasteiger charge is 2.44. The molecule has 1 aliphatic carbocycles. The molecule has 5 nitrogen and oxygen atoms in total. The molecular formula is C11H17FO5. The quantitative estimate of drug-likeness (QED) is 0.592.